The van der Waals surface area contributed by atoms with Crippen molar-refractivity contribution >= 4 is 0 Å². The molecule has 0 heteroatoms. The van der Waals surface area contributed by atoms with Gasteiger partial charge in [-0.1, -0.05) is 29.7 Å². The topological polar surface area (TPSA) is 0 Å². The molecule has 0 aromatic rings. The summed E-state index contributed by atoms with van der Waals surface area (Å²) in [6.07, 6.45) is 7.49. The zero-order valence-corrected chi connectivity index (χ0v) is 6.52. The van der Waals surface area contributed by atoms with Crippen molar-refractivity contribution in [1.82, 2.24) is 0 Å². The normalized spacial score (nSPS) is 23.0. The lowest BCUT2D eigenvalue weighted by Crippen LogP contribution is -1.99. The molecule has 0 radical (unpaired) electrons. The highest BCUT2D eigenvalue weighted by Crippen LogP contribution is 2.18. The molecule has 0 bridgehead atoms. The molecule has 0 aliphatic heterocycles. The molecule has 52 valence electrons. The monoisotopic (exact) mass is 132 g/mol. The molecule has 0 nitrogen and oxygen atoms in total. The minimum absolute atomic E-state index is 0.481. The van der Waals surface area contributed by atoms with Crippen molar-refractivity contribution in [2.75, 3.05) is 0 Å². The SMILES string of the molecule is CC#CC1CC=CC=C1C. The predicted molar refractivity (Wildman–Crippen MR) is 44.5 cm³/mol. The van der Waals surface area contributed by atoms with E-state index in [1.165, 1.54) is 5.57 Å². The Bertz CT molecular complexity index is 220. The first-order chi connectivity index (χ1) is 4.84. The van der Waals surface area contributed by atoms with Crippen LogP contribution in [0.2, 0.25) is 0 Å². The molecule has 1 unspecified atom stereocenters. The zero-order chi connectivity index (χ0) is 7.40. The first-order valence-electron chi connectivity index (χ1n) is 3.60. The lowest BCUT2D eigenvalue weighted by Gasteiger charge is -2.10. The van der Waals surface area contributed by atoms with Gasteiger partial charge in [-0.05, 0) is 20.3 Å². The molecule has 1 aliphatic rings. The van der Waals surface area contributed by atoms with E-state index in [2.05, 4.69) is 37.0 Å². The Morgan fingerprint density at radius 1 is 1.60 bits per heavy atom. The third-order valence-corrected chi connectivity index (χ3v) is 1.74. The van der Waals surface area contributed by atoms with Gasteiger partial charge >= 0.3 is 0 Å². The lowest BCUT2D eigenvalue weighted by molar-refractivity contribution is 0.791. The Balaban J connectivity index is 2.70. The number of hydrogen-bond acceptors (Lipinski definition) is 0. The molecule has 0 fully saturated rings. The molecule has 0 N–H and O–H groups in total. The Morgan fingerprint density at radius 2 is 2.40 bits per heavy atom. The first-order valence-corrected chi connectivity index (χ1v) is 3.60. The largest absolute Gasteiger partial charge is 0.106 e. The molecule has 0 aromatic carbocycles. The standard InChI is InChI=1S/C10H12/c1-3-6-10-8-5-4-7-9(10)2/h4-5,7,10H,8H2,1-2H3. The summed E-state index contributed by atoms with van der Waals surface area (Å²) in [6, 6.07) is 0. The Kier molecular flexibility index (Phi) is 2.34. The summed E-state index contributed by atoms with van der Waals surface area (Å²) in [5.74, 6) is 6.59. The van der Waals surface area contributed by atoms with Gasteiger partial charge in [0.1, 0.15) is 0 Å². The highest BCUT2D eigenvalue weighted by Gasteiger charge is 2.06. The number of allylic oxidation sites excluding steroid dienone is 4. The number of rotatable bonds is 0. The summed E-state index contributed by atoms with van der Waals surface area (Å²) >= 11 is 0. The maximum atomic E-state index is 3.16. The van der Waals surface area contributed by atoms with E-state index in [0.717, 1.165) is 6.42 Å². The highest BCUT2D eigenvalue weighted by atomic mass is 14.1. The van der Waals surface area contributed by atoms with Crippen molar-refractivity contribution in [3.8, 4) is 11.8 Å². The van der Waals surface area contributed by atoms with Gasteiger partial charge < -0.3 is 0 Å². The third-order valence-electron chi connectivity index (χ3n) is 1.74. The molecule has 1 atom stereocenters. The fourth-order valence-electron chi connectivity index (χ4n) is 1.08. The quantitative estimate of drug-likeness (QED) is 0.444. The van der Waals surface area contributed by atoms with Gasteiger partial charge in [-0.2, -0.15) is 0 Å². The van der Waals surface area contributed by atoms with E-state index in [1.807, 2.05) is 6.92 Å². The van der Waals surface area contributed by atoms with Crippen LogP contribution in [0.25, 0.3) is 0 Å². The van der Waals surface area contributed by atoms with Gasteiger partial charge in [0.05, 0.1) is 0 Å². The van der Waals surface area contributed by atoms with Gasteiger partial charge in [-0.25, -0.2) is 0 Å². The molecule has 10 heavy (non-hydrogen) atoms. The van der Waals surface area contributed by atoms with Crippen LogP contribution in [0.4, 0.5) is 0 Å². The van der Waals surface area contributed by atoms with Crippen molar-refractivity contribution in [1.29, 1.82) is 0 Å². The Hall–Kier alpha value is -0.960. The smallest absolute Gasteiger partial charge is 0.0446 e. The van der Waals surface area contributed by atoms with E-state index >= 15 is 0 Å². The van der Waals surface area contributed by atoms with Gasteiger partial charge in [-0.15, -0.1) is 5.92 Å². The highest BCUT2D eigenvalue weighted by molar-refractivity contribution is 5.26. The molecule has 1 rings (SSSR count). The van der Waals surface area contributed by atoms with E-state index in [9.17, 15) is 0 Å². The second-order valence-electron chi connectivity index (χ2n) is 2.52. The van der Waals surface area contributed by atoms with Crippen LogP contribution in [0.1, 0.15) is 20.3 Å². The molecule has 0 aromatic heterocycles. The minimum Gasteiger partial charge on any atom is -0.106 e. The van der Waals surface area contributed by atoms with Gasteiger partial charge in [0.2, 0.25) is 0 Å². The fraction of sp³-hybridized carbons (Fsp3) is 0.400. The van der Waals surface area contributed by atoms with Crippen LogP contribution < -0.4 is 0 Å². The minimum atomic E-state index is 0.481. The van der Waals surface area contributed by atoms with Crippen LogP contribution in [-0.2, 0) is 0 Å². The molecule has 1 aliphatic carbocycles. The summed E-state index contributed by atoms with van der Waals surface area (Å²) in [5, 5.41) is 0. The maximum absolute atomic E-state index is 3.16. The summed E-state index contributed by atoms with van der Waals surface area (Å²) in [5.41, 5.74) is 1.39. The molecule has 0 saturated carbocycles. The van der Waals surface area contributed by atoms with E-state index in [-0.39, 0.29) is 0 Å². The second-order valence-corrected chi connectivity index (χ2v) is 2.52. The summed E-state index contributed by atoms with van der Waals surface area (Å²) in [6.45, 7) is 4.03. The zero-order valence-electron chi connectivity index (χ0n) is 6.52. The van der Waals surface area contributed by atoms with Crippen molar-refractivity contribution in [2.45, 2.75) is 20.3 Å². The van der Waals surface area contributed by atoms with Crippen molar-refractivity contribution < 1.29 is 0 Å². The van der Waals surface area contributed by atoms with Crippen molar-refractivity contribution in [3.63, 3.8) is 0 Å². The Labute approximate surface area is 62.6 Å². The van der Waals surface area contributed by atoms with Gasteiger partial charge in [0.15, 0.2) is 0 Å². The van der Waals surface area contributed by atoms with Gasteiger partial charge in [-0.3, -0.25) is 0 Å². The van der Waals surface area contributed by atoms with Crippen LogP contribution in [0, 0.1) is 17.8 Å². The molecular formula is C10H12. The van der Waals surface area contributed by atoms with Crippen LogP contribution in [0.5, 0.6) is 0 Å². The van der Waals surface area contributed by atoms with Gasteiger partial charge in [0, 0.05) is 5.92 Å². The maximum Gasteiger partial charge on any atom is 0.0446 e. The summed E-state index contributed by atoms with van der Waals surface area (Å²) < 4.78 is 0. The van der Waals surface area contributed by atoms with E-state index < -0.39 is 0 Å². The molecule has 0 saturated heterocycles. The predicted octanol–water partition coefficient (Wildman–Crippen LogP) is 2.53. The molecule has 0 spiro atoms. The van der Waals surface area contributed by atoms with Gasteiger partial charge in [0.25, 0.3) is 0 Å². The van der Waals surface area contributed by atoms with E-state index in [1.54, 1.807) is 0 Å². The Morgan fingerprint density at radius 3 is 3.00 bits per heavy atom. The average Bonchev–Trinajstić information content (AvgIpc) is 1.94. The summed E-state index contributed by atoms with van der Waals surface area (Å²) in [4.78, 5) is 0. The van der Waals surface area contributed by atoms with Crippen LogP contribution in [-0.4, -0.2) is 0 Å². The van der Waals surface area contributed by atoms with Crippen LogP contribution in [0.15, 0.2) is 23.8 Å². The average molecular weight is 132 g/mol. The van der Waals surface area contributed by atoms with Crippen molar-refractivity contribution in [2.24, 2.45) is 5.92 Å². The van der Waals surface area contributed by atoms with Crippen molar-refractivity contribution in [3.05, 3.63) is 23.8 Å². The molecule has 0 amide bonds. The van der Waals surface area contributed by atoms with E-state index in [4.69, 9.17) is 0 Å². The van der Waals surface area contributed by atoms with Crippen LogP contribution >= 0.6 is 0 Å². The summed E-state index contributed by atoms with van der Waals surface area (Å²) in [7, 11) is 0. The second kappa shape index (κ2) is 3.27. The third kappa shape index (κ3) is 1.51. The first kappa shape index (κ1) is 7.15. The van der Waals surface area contributed by atoms with Crippen LogP contribution in [0.3, 0.4) is 0 Å². The fourth-order valence-corrected chi connectivity index (χ4v) is 1.08. The molecular weight excluding hydrogens is 120 g/mol. The van der Waals surface area contributed by atoms with E-state index in [0.29, 0.717) is 5.92 Å². The number of hydrogen-bond donors (Lipinski definition) is 0. The molecule has 0 heterocycles. The lowest BCUT2D eigenvalue weighted by atomic mass is 9.93.